The van der Waals surface area contributed by atoms with Crippen LogP contribution in [0.5, 0.6) is 5.75 Å². The third kappa shape index (κ3) is 2.96. The second kappa shape index (κ2) is 5.67. The number of hydrogen-bond donors (Lipinski definition) is 0. The van der Waals surface area contributed by atoms with Crippen LogP contribution in [0.15, 0.2) is 30.3 Å². The van der Waals surface area contributed by atoms with Crippen LogP contribution in [0, 0.1) is 0 Å². The maximum Gasteiger partial charge on any atom is 0.155 e. The van der Waals surface area contributed by atoms with Gasteiger partial charge in [-0.1, -0.05) is 25.1 Å². The second-order valence-corrected chi connectivity index (χ2v) is 4.33. The van der Waals surface area contributed by atoms with Crippen molar-refractivity contribution < 1.29 is 9.53 Å². The molecule has 1 aromatic carbocycles. The summed E-state index contributed by atoms with van der Waals surface area (Å²) in [5.74, 6) is 1.13. The quantitative estimate of drug-likeness (QED) is 0.789. The van der Waals surface area contributed by atoms with Gasteiger partial charge in [-0.25, -0.2) is 0 Å². The molecule has 2 heteroatoms. The van der Waals surface area contributed by atoms with Gasteiger partial charge in [0, 0.05) is 12.0 Å². The van der Waals surface area contributed by atoms with Gasteiger partial charge >= 0.3 is 0 Å². The van der Waals surface area contributed by atoms with E-state index in [4.69, 9.17) is 4.74 Å². The van der Waals surface area contributed by atoms with Crippen molar-refractivity contribution in [3.05, 3.63) is 35.9 Å². The zero-order chi connectivity index (χ0) is 12.1. The normalized spacial score (nSPS) is 15.6. The van der Waals surface area contributed by atoms with Crippen molar-refractivity contribution >= 4 is 11.4 Å². The summed E-state index contributed by atoms with van der Waals surface area (Å²) in [6, 6.07) is 7.98. The highest BCUT2D eigenvalue weighted by Gasteiger charge is 2.14. The van der Waals surface area contributed by atoms with Crippen molar-refractivity contribution in [3.63, 3.8) is 0 Å². The van der Waals surface area contributed by atoms with Gasteiger partial charge < -0.3 is 4.74 Å². The predicted octanol–water partition coefficient (Wildman–Crippen LogP) is 3.61. The van der Waals surface area contributed by atoms with E-state index in [2.05, 4.69) is 6.92 Å². The van der Waals surface area contributed by atoms with Gasteiger partial charge in [0.15, 0.2) is 5.78 Å². The van der Waals surface area contributed by atoms with Gasteiger partial charge in [0.2, 0.25) is 0 Å². The van der Waals surface area contributed by atoms with Crippen LogP contribution in [0.4, 0.5) is 0 Å². The molecule has 0 saturated carbocycles. The highest BCUT2D eigenvalue weighted by atomic mass is 16.5. The molecule has 2 nitrogen and oxygen atoms in total. The number of benzene rings is 1. The molecule has 2 rings (SSSR count). The number of ether oxygens (including phenoxy) is 1. The summed E-state index contributed by atoms with van der Waals surface area (Å²) in [4.78, 5) is 11.5. The van der Waals surface area contributed by atoms with Gasteiger partial charge in [0.25, 0.3) is 0 Å². The maximum atomic E-state index is 11.5. The largest absolute Gasteiger partial charge is 0.493 e. The maximum absolute atomic E-state index is 11.5. The molecule has 0 heterocycles. The highest BCUT2D eigenvalue weighted by Crippen LogP contribution is 2.31. The lowest BCUT2D eigenvalue weighted by atomic mass is 9.92. The molecule has 0 atom stereocenters. The van der Waals surface area contributed by atoms with Crippen LogP contribution in [-0.2, 0) is 4.79 Å². The SMILES string of the molecule is CCCOc1ccccc1C1=CC(=O)CCC1. The number of rotatable bonds is 4. The standard InChI is InChI=1S/C15H18O2/c1-2-10-17-15-9-4-3-8-14(15)12-6-5-7-13(16)11-12/h3-4,8-9,11H,2,5-7,10H2,1H3. The molecule has 90 valence electrons. The van der Waals surface area contributed by atoms with Crippen molar-refractivity contribution in [2.45, 2.75) is 32.6 Å². The minimum absolute atomic E-state index is 0.233. The van der Waals surface area contributed by atoms with Gasteiger partial charge in [0.05, 0.1) is 6.61 Å². The molecule has 0 spiro atoms. The molecule has 1 aliphatic rings. The van der Waals surface area contributed by atoms with Gasteiger partial charge in [-0.15, -0.1) is 0 Å². The van der Waals surface area contributed by atoms with E-state index in [1.54, 1.807) is 6.08 Å². The summed E-state index contributed by atoms with van der Waals surface area (Å²) in [7, 11) is 0. The number of carbonyl (C=O) groups excluding carboxylic acids is 1. The van der Waals surface area contributed by atoms with Crippen LogP contribution in [0.3, 0.4) is 0 Å². The summed E-state index contributed by atoms with van der Waals surface area (Å²) < 4.78 is 5.72. The van der Waals surface area contributed by atoms with Crippen molar-refractivity contribution in [2.24, 2.45) is 0 Å². The molecule has 17 heavy (non-hydrogen) atoms. The van der Waals surface area contributed by atoms with Crippen LogP contribution in [0.1, 0.15) is 38.2 Å². The fraction of sp³-hybridized carbons (Fsp3) is 0.400. The molecule has 0 unspecified atom stereocenters. The lowest BCUT2D eigenvalue weighted by Gasteiger charge is -2.16. The molecule has 1 aliphatic carbocycles. The van der Waals surface area contributed by atoms with E-state index in [0.29, 0.717) is 6.42 Å². The summed E-state index contributed by atoms with van der Waals surface area (Å²) in [5, 5.41) is 0. The Labute approximate surface area is 102 Å². The predicted molar refractivity (Wildman–Crippen MR) is 69.1 cm³/mol. The zero-order valence-corrected chi connectivity index (χ0v) is 10.2. The smallest absolute Gasteiger partial charge is 0.155 e. The average Bonchev–Trinajstić information content (AvgIpc) is 2.37. The zero-order valence-electron chi connectivity index (χ0n) is 10.2. The fourth-order valence-electron chi connectivity index (χ4n) is 2.07. The molecule has 0 bridgehead atoms. The molecule has 0 aromatic heterocycles. The average molecular weight is 230 g/mol. The summed E-state index contributed by atoms with van der Waals surface area (Å²) in [5.41, 5.74) is 2.20. The fourth-order valence-corrected chi connectivity index (χ4v) is 2.07. The topological polar surface area (TPSA) is 26.3 Å². The number of allylic oxidation sites excluding steroid dienone is 2. The van der Waals surface area contributed by atoms with E-state index >= 15 is 0 Å². The molecular weight excluding hydrogens is 212 g/mol. The lowest BCUT2D eigenvalue weighted by molar-refractivity contribution is -0.114. The minimum atomic E-state index is 0.233. The molecule has 0 saturated heterocycles. The van der Waals surface area contributed by atoms with Crippen molar-refractivity contribution in [1.29, 1.82) is 0 Å². The Bertz CT molecular complexity index is 432. The van der Waals surface area contributed by atoms with E-state index in [1.165, 1.54) is 0 Å². The Balaban J connectivity index is 2.27. The van der Waals surface area contributed by atoms with Crippen LogP contribution in [0.2, 0.25) is 0 Å². The van der Waals surface area contributed by atoms with E-state index < -0.39 is 0 Å². The second-order valence-electron chi connectivity index (χ2n) is 4.33. The first kappa shape index (κ1) is 11.9. The highest BCUT2D eigenvalue weighted by molar-refractivity contribution is 5.98. The minimum Gasteiger partial charge on any atom is -0.493 e. The van der Waals surface area contributed by atoms with Crippen molar-refractivity contribution in [1.82, 2.24) is 0 Å². The molecule has 0 N–H and O–H groups in total. The van der Waals surface area contributed by atoms with Crippen LogP contribution >= 0.6 is 0 Å². The Morgan fingerprint density at radius 2 is 2.06 bits per heavy atom. The van der Waals surface area contributed by atoms with Gasteiger partial charge in [-0.05, 0) is 37.0 Å². The number of hydrogen-bond acceptors (Lipinski definition) is 2. The van der Waals surface area contributed by atoms with Crippen molar-refractivity contribution in [3.8, 4) is 5.75 Å². The number of ketones is 1. The van der Waals surface area contributed by atoms with E-state index in [9.17, 15) is 4.79 Å². The van der Waals surface area contributed by atoms with E-state index in [1.807, 2.05) is 24.3 Å². The third-order valence-corrected chi connectivity index (χ3v) is 2.90. The number of carbonyl (C=O) groups is 1. The van der Waals surface area contributed by atoms with Crippen LogP contribution in [0.25, 0.3) is 5.57 Å². The number of para-hydroxylation sites is 1. The van der Waals surface area contributed by atoms with Gasteiger partial charge in [-0.2, -0.15) is 0 Å². The molecule has 0 fully saturated rings. The third-order valence-electron chi connectivity index (χ3n) is 2.90. The Hall–Kier alpha value is -1.57. The first-order chi connectivity index (χ1) is 8.31. The first-order valence-corrected chi connectivity index (χ1v) is 6.27. The van der Waals surface area contributed by atoms with Crippen molar-refractivity contribution in [2.75, 3.05) is 6.61 Å². The van der Waals surface area contributed by atoms with Gasteiger partial charge in [-0.3, -0.25) is 4.79 Å². The Kier molecular flexibility index (Phi) is 3.97. The summed E-state index contributed by atoms with van der Waals surface area (Å²) in [6.45, 7) is 2.81. The van der Waals surface area contributed by atoms with E-state index in [0.717, 1.165) is 42.8 Å². The monoisotopic (exact) mass is 230 g/mol. The lowest BCUT2D eigenvalue weighted by Crippen LogP contribution is -2.04. The van der Waals surface area contributed by atoms with Crippen LogP contribution < -0.4 is 4.74 Å². The molecule has 0 radical (unpaired) electrons. The summed E-state index contributed by atoms with van der Waals surface area (Å²) >= 11 is 0. The molecule has 0 aliphatic heterocycles. The van der Waals surface area contributed by atoms with Gasteiger partial charge in [0.1, 0.15) is 5.75 Å². The summed E-state index contributed by atoms with van der Waals surface area (Å²) in [6.07, 6.45) is 5.37. The first-order valence-electron chi connectivity index (χ1n) is 6.27. The molecule has 1 aromatic rings. The van der Waals surface area contributed by atoms with E-state index in [-0.39, 0.29) is 5.78 Å². The van der Waals surface area contributed by atoms with Crippen LogP contribution in [-0.4, -0.2) is 12.4 Å². The molecular formula is C15H18O2. The molecule has 0 amide bonds. The Morgan fingerprint density at radius 1 is 1.24 bits per heavy atom. The Morgan fingerprint density at radius 3 is 2.82 bits per heavy atom.